The SMILES string of the molecule is CC(C)(C)[C@H](NS(=O)(=O)CCS(C)(=O)=O)C(=O)O. The molecule has 2 N–H and O–H groups in total. The lowest BCUT2D eigenvalue weighted by molar-refractivity contribution is -0.141. The van der Waals surface area contributed by atoms with E-state index < -0.39 is 48.8 Å². The van der Waals surface area contributed by atoms with Crippen LogP contribution in [0, 0.1) is 5.41 Å². The molecule has 0 aliphatic heterocycles. The van der Waals surface area contributed by atoms with Crippen LogP contribution in [-0.2, 0) is 24.7 Å². The zero-order valence-electron chi connectivity index (χ0n) is 10.8. The molecule has 0 amide bonds. The zero-order chi connectivity index (χ0) is 14.8. The summed E-state index contributed by atoms with van der Waals surface area (Å²) in [5.41, 5.74) is -0.815. The fourth-order valence-electron chi connectivity index (χ4n) is 1.10. The molecular formula is C9H19NO6S2. The number of hydrogen-bond donors (Lipinski definition) is 2. The molecule has 0 aliphatic carbocycles. The average molecular weight is 301 g/mol. The molecule has 0 aromatic carbocycles. The number of sulfonamides is 1. The monoisotopic (exact) mass is 301 g/mol. The van der Waals surface area contributed by atoms with Crippen molar-refractivity contribution in [2.75, 3.05) is 17.8 Å². The topological polar surface area (TPSA) is 118 Å². The van der Waals surface area contributed by atoms with Crippen molar-refractivity contribution in [2.45, 2.75) is 26.8 Å². The Bertz CT molecular complexity index is 500. The maximum absolute atomic E-state index is 11.6. The maximum atomic E-state index is 11.6. The molecule has 0 heterocycles. The number of hydrogen-bond acceptors (Lipinski definition) is 5. The Balaban J connectivity index is 4.90. The highest BCUT2D eigenvalue weighted by atomic mass is 32.2. The van der Waals surface area contributed by atoms with Gasteiger partial charge in [-0.2, -0.15) is 0 Å². The highest BCUT2D eigenvalue weighted by Crippen LogP contribution is 2.20. The van der Waals surface area contributed by atoms with Gasteiger partial charge in [0, 0.05) is 6.26 Å². The summed E-state index contributed by atoms with van der Waals surface area (Å²) in [4.78, 5) is 11.0. The number of sulfone groups is 1. The molecule has 0 unspecified atom stereocenters. The molecule has 108 valence electrons. The van der Waals surface area contributed by atoms with Gasteiger partial charge in [-0.15, -0.1) is 0 Å². The number of carbonyl (C=O) groups is 1. The van der Waals surface area contributed by atoms with E-state index in [2.05, 4.69) is 0 Å². The Morgan fingerprint density at radius 3 is 1.89 bits per heavy atom. The average Bonchev–Trinajstić information content (AvgIpc) is 2.08. The summed E-state index contributed by atoms with van der Waals surface area (Å²) in [5, 5.41) is 8.96. The van der Waals surface area contributed by atoms with Crippen LogP contribution in [0.5, 0.6) is 0 Å². The van der Waals surface area contributed by atoms with Gasteiger partial charge in [-0.1, -0.05) is 20.8 Å². The summed E-state index contributed by atoms with van der Waals surface area (Å²) in [6, 6.07) is -1.30. The van der Waals surface area contributed by atoms with Crippen LogP contribution in [-0.4, -0.2) is 51.7 Å². The molecule has 0 bridgehead atoms. The third-order valence-electron chi connectivity index (χ3n) is 2.13. The first-order valence-electron chi connectivity index (χ1n) is 5.15. The van der Waals surface area contributed by atoms with E-state index in [1.165, 1.54) is 0 Å². The predicted molar refractivity (Wildman–Crippen MR) is 67.5 cm³/mol. The van der Waals surface area contributed by atoms with Crippen molar-refractivity contribution in [1.82, 2.24) is 4.72 Å². The van der Waals surface area contributed by atoms with Gasteiger partial charge in [-0.05, 0) is 5.41 Å². The molecular weight excluding hydrogens is 282 g/mol. The first-order chi connectivity index (χ1) is 7.75. The molecule has 0 aromatic heterocycles. The lowest BCUT2D eigenvalue weighted by Gasteiger charge is -2.27. The summed E-state index contributed by atoms with van der Waals surface area (Å²) in [6.07, 6.45) is 0.918. The van der Waals surface area contributed by atoms with Crippen molar-refractivity contribution in [3.05, 3.63) is 0 Å². The van der Waals surface area contributed by atoms with E-state index in [-0.39, 0.29) is 0 Å². The van der Waals surface area contributed by atoms with Gasteiger partial charge in [-0.25, -0.2) is 21.6 Å². The normalized spacial score (nSPS) is 15.3. The Kier molecular flexibility index (Phi) is 5.33. The fraction of sp³-hybridized carbons (Fsp3) is 0.889. The van der Waals surface area contributed by atoms with E-state index in [1.54, 1.807) is 20.8 Å². The molecule has 7 nitrogen and oxygen atoms in total. The van der Waals surface area contributed by atoms with E-state index in [9.17, 15) is 21.6 Å². The van der Waals surface area contributed by atoms with Crippen LogP contribution >= 0.6 is 0 Å². The van der Waals surface area contributed by atoms with Crippen molar-refractivity contribution in [3.8, 4) is 0 Å². The molecule has 0 fully saturated rings. The summed E-state index contributed by atoms with van der Waals surface area (Å²) in [5.74, 6) is -2.49. The highest BCUT2D eigenvalue weighted by Gasteiger charge is 2.34. The van der Waals surface area contributed by atoms with Crippen molar-refractivity contribution in [2.24, 2.45) is 5.41 Å². The summed E-state index contributed by atoms with van der Waals surface area (Å²) >= 11 is 0. The number of rotatable bonds is 6. The number of carboxylic acids is 1. The Morgan fingerprint density at radius 2 is 1.61 bits per heavy atom. The Morgan fingerprint density at radius 1 is 1.17 bits per heavy atom. The molecule has 9 heteroatoms. The Labute approximate surface area is 108 Å². The van der Waals surface area contributed by atoms with Gasteiger partial charge < -0.3 is 5.11 Å². The lowest BCUT2D eigenvalue weighted by atomic mass is 9.88. The van der Waals surface area contributed by atoms with Crippen LogP contribution in [0.25, 0.3) is 0 Å². The van der Waals surface area contributed by atoms with Crippen LogP contribution in [0.4, 0.5) is 0 Å². The Hall–Kier alpha value is -0.670. The van der Waals surface area contributed by atoms with Crippen LogP contribution in [0.3, 0.4) is 0 Å². The largest absolute Gasteiger partial charge is 0.480 e. The zero-order valence-corrected chi connectivity index (χ0v) is 12.4. The quantitative estimate of drug-likeness (QED) is 0.679. The summed E-state index contributed by atoms with van der Waals surface area (Å²) in [7, 11) is -7.37. The molecule has 0 rings (SSSR count). The third-order valence-corrected chi connectivity index (χ3v) is 4.67. The minimum atomic E-state index is -3.95. The van der Waals surface area contributed by atoms with Gasteiger partial charge in [-0.3, -0.25) is 4.79 Å². The van der Waals surface area contributed by atoms with Crippen LogP contribution in [0.1, 0.15) is 20.8 Å². The summed E-state index contributed by atoms with van der Waals surface area (Å²) < 4.78 is 47.0. The van der Waals surface area contributed by atoms with Gasteiger partial charge in [0.1, 0.15) is 15.9 Å². The van der Waals surface area contributed by atoms with Crippen molar-refractivity contribution in [3.63, 3.8) is 0 Å². The molecule has 0 saturated carbocycles. The first-order valence-corrected chi connectivity index (χ1v) is 8.86. The van der Waals surface area contributed by atoms with Gasteiger partial charge >= 0.3 is 5.97 Å². The van der Waals surface area contributed by atoms with E-state index in [0.717, 1.165) is 6.26 Å². The molecule has 0 saturated heterocycles. The van der Waals surface area contributed by atoms with E-state index in [4.69, 9.17) is 5.11 Å². The molecule has 1 atom stereocenters. The van der Waals surface area contributed by atoms with E-state index in [0.29, 0.717) is 0 Å². The second-order valence-corrected chi connectivity index (χ2v) is 9.34. The maximum Gasteiger partial charge on any atom is 0.322 e. The molecule has 0 spiro atoms. The third kappa shape index (κ3) is 6.92. The second kappa shape index (κ2) is 5.54. The smallest absolute Gasteiger partial charge is 0.322 e. The van der Waals surface area contributed by atoms with E-state index >= 15 is 0 Å². The number of nitrogens with one attached hydrogen (secondary N) is 1. The van der Waals surface area contributed by atoms with Gasteiger partial charge in [0.05, 0.1) is 11.5 Å². The molecule has 18 heavy (non-hydrogen) atoms. The number of carboxylic acid groups (broad SMARTS) is 1. The van der Waals surface area contributed by atoms with Crippen LogP contribution in [0.2, 0.25) is 0 Å². The van der Waals surface area contributed by atoms with Crippen molar-refractivity contribution < 1.29 is 26.7 Å². The second-order valence-electron chi connectivity index (χ2n) is 5.20. The van der Waals surface area contributed by atoms with Gasteiger partial charge in [0.25, 0.3) is 0 Å². The minimum Gasteiger partial charge on any atom is -0.480 e. The molecule has 0 aliphatic rings. The molecule has 0 radical (unpaired) electrons. The standard InChI is InChI=1S/C9H19NO6S2/c1-9(2,3)7(8(11)12)10-18(15,16)6-5-17(4,13)14/h7,10H,5-6H2,1-4H3,(H,11,12)/t7-/m1/s1. The van der Waals surface area contributed by atoms with E-state index in [1.807, 2.05) is 4.72 Å². The fourth-order valence-corrected chi connectivity index (χ4v) is 4.12. The van der Waals surface area contributed by atoms with Gasteiger partial charge in [0.15, 0.2) is 0 Å². The number of aliphatic carboxylic acids is 1. The summed E-state index contributed by atoms with van der Waals surface area (Å²) in [6.45, 7) is 4.72. The van der Waals surface area contributed by atoms with Crippen LogP contribution in [0.15, 0.2) is 0 Å². The van der Waals surface area contributed by atoms with Crippen molar-refractivity contribution >= 4 is 25.8 Å². The predicted octanol–water partition coefficient (Wildman–Crippen LogP) is -0.550. The van der Waals surface area contributed by atoms with Gasteiger partial charge in [0.2, 0.25) is 10.0 Å². The van der Waals surface area contributed by atoms with Crippen LogP contribution < -0.4 is 4.72 Å². The van der Waals surface area contributed by atoms with Crippen molar-refractivity contribution in [1.29, 1.82) is 0 Å². The lowest BCUT2D eigenvalue weighted by Crippen LogP contribution is -2.50. The first kappa shape index (κ1) is 17.3. The molecule has 0 aromatic rings. The minimum absolute atomic E-state index is 0.543. The highest BCUT2D eigenvalue weighted by molar-refractivity contribution is 7.93.